The highest BCUT2D eigenvalue weighted by Crippen LogP contribution is 2.27. The fourth-order valence-electron chi connectivity index (χ4n) is 5.10. The van der Waals surface area contributed by atoms with E-state index in [9.17, 15) is 13.2 Å². The first-order valence-corrected chi connectivity index (χ1v) is 14.3. The number of ketones is 1. The lowest BCUT2D eigenvalue weighted by Crippen LogP contribution is -2.25. The number of hydrogen-bond acceptors (Lipinski definition) is 6. The normalized spacial score (nSPS) is 15.3. The number of pyridine rings is 2. The summed E-state index contributed by atoms with van der Waals surface area (Å²) in [7, 11) is -1.80. The number of fused-ring (bicyclic) bond motifs is 3. The number of sulfonamides is 1. The molecule has 3 heterocycles. The molecular weight excluding hydrogens is 498 g/mol. The van der Waals surface area contributed by atoms with E-state index in [0.717, 1.165) is 47.2 Å². The van der Waals surface area contributed by atoms with E-state index in [0.29, 0.717) is 28.8 Å². The van der Waals surface area contributed by atoms with Crippen molar-refractivity contribution in [3.63, 3.8) is 0 Å². The van der Waals surface area contributed by atoms with Crippen LogP contribution in [0.3, 0.4) is 0 Å². The zero-order chi connectivity index (χ0) is 26.3. The molecule has 0 fully saturated rings. The van der Waals surface area contributed by atoms with Crippen LogP contribution in [0.1, 0.15) is 56.0 Å². The third-order valence-electron chi connectivity index (χ3n) is 7.06. The molecule has 0 saturated heterocycles. The molecule has 192 valence electrons. The average molecular weight is 526 g/mol. The largest absolute Gasteiger partial charge is 0.289 e. The summed E-state index contributed by atoms with van der Waals surface area (Å²) in [6.45, 7) is 0.188. The van der Waals surface area contributed by atoms with Crippen LogP contribution in [0.25, 0.3) is 17.2 Å². The molecule has 0 atom stereocenters. The number of hydrogen-bond donors (Lipinski definition) is 1. The summed E-state index contributed by atoms with van der Waals surface area (Å²) in [5.74, 6) is -0.392. The lowest BCUT2D eigenvalue weighted by atomic mass is 9.91. The Morgan fingerprint density at radius 1 is 0.947 bits per heavy atom. The fourth-order valence-corrected chi connectivity index (χ4v) is 6.21. The van der Waals surface area contributed by atoms with E-state index in [-0.39, 0.29) is 18.1 Å². The molecule has 0 unspecified atom stereocenters. The zero-order valence-electron chi connectivity index (χ0n) is 21.0. The predicted molar refractivity (Wildman–Crippen MR) is 145 cm³/mol. The summed E-state index contributed by atoms with van der Waals surface area (Å²) < 4.78 is 30.3. The minimum Gasteiger partial charge on any atom is -0.289 e. The van der Waals surface area contributed by atoms with Crippen molar-refractivity contribution >= 4 is 21.9 Å². The molecule has 0 saturated carbocycles. The van der Waals surface area contributed by atoms with Gasteiger partial charge in [0.25, 0.3) is 0 Å². The highest BCUT2D eigenvalue weighted by Gasteiger charge is 2.22. The number of allylic oxidation sites excluding steroid dienone is 1. The van der Waals surface area contributed by atoms with Gasteiger partial charge in [-0.1, -0.05) is 24.3 Å². The predicted octanol–water partition coefficient (Wildman–Crippen LogP) is 3.79. The number of nitrogens with zero attached hydrogens (tertiary/aromatic N) is 4. The van der Waals surface area contributed by atoms with Crippen LogP contribution in [0.2, 0.25) is 0 Å². The number of aromatic nitrogens is 4. The van der Waals surface area contributed by atoms with Crippen molar-refractivity contribution in [3.8, 4) is 11.1 Å². The maximum atomic E-state index is 13.7. The lowest BCUT2D eigenvalue weighted by Gasteiger charge is -2.15. The number of nitrogens with one attached hydrogen (secondary N) is 1. The first-order valence-electron chi connectivity index (χ1n) is 12.6. The molecule has 0 aliphatic heterocycles. The van der Waals surface area contributed by atoms with Gasteiger partial charge >= 0.3 is 0 Å². The summed E-state index contributed by atoms with van der Waals surface area (Å²) in [6.07, 6.45) is 14.5. The number of aryl methyl sites for hydroxylation is 3. The molecule has 0 bridgehead atoms. The molecule has 1 aromatic carbocycles. The van der Waals surface area contributed by atoms with E-state index in [2.05, 4.69) is 19.8 Å². The minimum atomic E-state index is -3.63. The van der Waals surface area contributed by atoms with Crippen molar-refractivity contribution in [3.05, 3.63) is 106 Å². The first kappa shape index (κ1) is 24.4. The van der Waals surface area contributed by atoms with Crippen LogP contribution in [-0.2, 0) is 48.6 Å². The third-order valence-corrected chi connectivity index (χ3v) is 8.36. The van der Waals surface area contributed by atoms with Gasteiger partial charge in [-0.05, 0) is 66.1 Å². The van der Waals surface area contributed by atoms with Crippen LogP contribution < -0.4 is 4.72 Å². The van der Waals surface area contributed by atoms with Gasteiger partial charge in [0.1, 0.15) is 0 Å². The summed E-state index contributed by atoms with van der Waals surface area (Å²) in [4.78, 5) is 22.7. The van der Waals surface area contributed by atoms with Gasteiger partial charge < -0.3 is 0 Å². The summed E-state index contributed by atoms with van der Waals surface area (Å²) >= 11 is 0. The Morgan fingerprint density at radius 2 is 1.84 bits per heavy atom. The molecule has 2 aliphatic carbocycles. The Bertz CT molecular complexity index is 1710. The van der Waals surface area contributed by atoms with Gasteiger partial charge in [-0.15, -0.1) is 0 Å². The van der Waals surface area contributed by atoms with Crippen molar-refractivity contribution in [2.24, 2.45) is 7.05 Å². The lowest BCUT2D eigenvalue weighted by molar-refractivity contribution is 0.103. The minimum absolute atomic E-state index is 0.172. The van der Waals surface area contributed by atoms with Crippen LogP contribution in [0.5, 0.6) is 0 Å². The number of benzene rings is 1. The molecule has 1 N–H and O–H groups in total. The summed E-state index contributed by atoms with van der Waals surface area (Å²) in [5, 5.41) is 4.21. The van der Waals surface area contributed by atoms with Gasteiger partial charge in [-0.3, -0.25) is 19.4 Å². The molecule has 6 rings (SSSR count). The molecule has 4 aromatic rings. The fraction of sp³-hybridized carbons (Fsp3) is 0.241. The first-order chi connectivity index (χ1) is 18.3. The van der Waals surface area contributed by atoms with Crippen LogP contribution in [0, 0.1) is 0 Å². The van der Waals surface area contributed by atoms with E-state index in [1.807, 2.05) is 43.6 Å². The Balaban J connectivity index is 1.24. The average Bonchev–Trinajstić information content (AvgIpc) is 3.55. The second kappa shape index (κ2) is 9.74. The van der Waals surface area contributed by atoms with Gasteiger partial charge in [-0.2, -0.15) is 5.10 Å². The topological polar surface area (TPSA) is 107 Å². The smallest absolute Gasteiger partial charge is 0.216 e. The van der Waals surface area contributed by atoms with Crippen molar-refractivity contribution in [2.45, 2.75) is 38.0 Å². The molecule has 2 aliphatic rings. The Labute approximate surface area is 221 Å². The number of carbonyl (C=O) groups excluding carboxylic acids is 1. The summed E-state index contributed by atoms with van der Waals surface area (Å²) in [6, 6.07) is 9.20. The van der Waals surface area contributed by atoms with Gasteiger partial charge in [-0.25, -0.2) is 13.1 Å². The van der Waals surface area contributed by atoms with Crippen LogP contribution in [-0.4, -0.2) is 33.9 Å². The maximum absolute atomic E-state index is 13.7. The van der Waals surface area contributed by atoms with Crippen molar-refractivity contribution < 1.29 is 13.2 Å². The second-order valence-corrected chi connectivity index (χ2v) is 11.7. The van der Waals surface area contributed by atoms with Gasteiger partial charge in [0, 0.05) is 60.1 Å². The molecule has 0 radical (unpaired) electrons. The standard InChI is InChI=1S/C29H27N5O3S/c1-34-17-24(16-32-34)23-12-26-28(31-15-23)7-2-4-21-9-8-19(11-25(21)29(26)35)18-38(36,37)33-14-20-10-22-5-3-6-27(22)30-13-20/h2,7-13,15-17,33H,3-6,14,18H2,1H3/b7-2-. The molecule has 8 nitrogen and oxygen atoms in total. The highest BCUT2D eigenvalue weighted by molar-refractivity contribution is 7.88. The van der Waals surface area contributed by atoms with Gasteiger partial charge in [0.15, 0.2) is 5.78 Å². The molecule has 0 amide bonds. The van der Waals surface area contributed by atoms with Crippen LogP contribution in [0.15, 0.2) is 61.2 Å². The van der Waals surface area contributed by atoms with Crippen molar-refractivity contribution in [2.75, 3.05) is 0 Å². The Hall–Kier alpha value is -3.95. The van der Waals surface area contributed by atoms with Crippen LogP contribution >= 0.6 is 0 Å². The SMILES string of the molecule is Cn1cc(-c2cnc3c(c2)C(=O)c2cc(CS(=O)(=O)NCc4cnc5c(c4)CCC5)ccc2C/C=C\3)cn1. The quantitative estimate of drug-likeness (QED) is 0.411. The van der Waals surface area contributed by atoms with Crippen molar-refractivity contribution in [1.29, 1.82) is 0 Å². The molecule has 38 heavy (non-hydrogen) atoms. The van der Waals surface area contributed by atoms with E-state index < -0.39 is 10.0 Å². The maximum Gasteiger partial charge on any atom is 0.216 e. The second-order valence-electron chi connectivity index (χ2n) is 9.87. The molecule has 9 heteroatoms. The number of rotatable bonds is 6. The highest BCUT2D eigenvalue weighted by atomic mass is 32.2. The van der Waals surface area contributed by atoms with Gasteiger partial charge in [0.2, 0.25) is 10.0 Å². The third kappa shape index (κ3) is 4.94. The van der Waals surface area contributed by atoms with Gasteiger partial charge in [0.05, 0.1) is 17.6 Å². The van der Waals surface area contributed by atoms with Crippen LogP contribution in [0.4, 0.5) is 0 Å². The van der Waals surface area contributed by atoms with E-state index in [4.69, 9.17) is 0 Å². The molecule has 0 spiro atoms. The molecular formula is C29H27N5O3S. The summed E-state index contributed by atoms with van der Waals surface area (Å²) in [5.41, 5.74) is 7.80. The van der Waals surface area contributed by atoms with Crippen molar-refractivity contribution in [1.82, 2.24) is 24.5 Å². The number of carbonyl (C=O) groups is 1. The van der Waals surface area contributed by atoms with E-state index in [1.165, 1.54) is 5.56 Å². The Kier molecular flexibility index (Phi) is 6.25. The molecule has 3 aromatic heterocycles. The monoisotopic (exact) mass is 525 g/mol. The zero-order valence-corrected chi connectivity index (χ0v) is 21.8. The van der Waals surface area contributed by atoms with E-state index in [1.54, 1.807) is 35.4 Å². The van der Waals surface area contributed by atoms with E-state index >= 15 is 0 Å². The Morgan fingerprint density at radius 3 is 2.68 bits per heavy atom.